The van der Waals surface area contributed by atoms with Crippen molar-refractivity contribution in [3.8, 4) is 0 Å². The molecule has 0 bridgehead atoms. The number of rotatable bonds is 1. The molecule has 0 aromatic carbocycles. The lowest BCUT2D eigenvalue weighted by molar-refractivity contribution is -0.133. The van der Waals surface area contributed by atoms with Gasteiger partial charge >= 0.3 is 0 Å². The highest BCUT2D eigenvalue weighted by atomic mass is 19.1. The van der Waals surface area contributed by atoms with Crippen molar-refractivity contribution in [2.24, 2.45) is 17.8 Å². The van der Waals surface area contributed by atoms with E-state index in [-0.39, 0.29) is 17.7 Å². The summed E-state index contributed by atoms with van der Waals surface area (Å²) >= 11 is 0. The molecule has 0 radical (unpaired) electrons. The number of hydrogen-bond donors (Lipinski definition) is 1. The monoisotopic (exact) mass is 173 g/mol. The third-order valence-corrected chi connectivity index (χ3v) is 2.51. The molecule has 1 aliphatic rings. The summed E-state index contributed by atoms with van der Waals surface area (Å²) in [5.41, 5.74) is 0. The summed E-state index contributed by atoms with van der Waals surface area (Å²) in [7, 11) is 0. The summed E-state index contributed by atoms with van der Waals surface area (Å²) in [6, 6.07) is 0. The zero-order chi connectivity index (χ0) is 9.30. The van der Waals surface area contributed by atoms with Crippen LogP contribution in [0.1, 0.15) is 20.8 Å². The topological polar surface area (TPSA) is 29.1 Å². The Morgan fingerprint density at radius 1 is 1.58 bits per heavy atom. The van der Waals surface area contributed by atoms with Crippen LogP contribution < -0.4 is 5.32 Å². The summed E-state index contributed by atoms with van der Waals surface area (Å²) in [6.07, 6.45) is -0.973. The fraction of sp³-hybridized carbons (Fsp3) is 0.889. The van der Waals surface area contributed by atoms with Crippen molar-refractivity contribution in [3.05, 3.63) is 0 Å². The van der Waals surface area contributed by atoms with Gasteiger partial charge in [0.15, 0.2) is 0 Å². The largest absolute Gasteiger partial charge is 0.355 e. The van der Waals surface area contributed by atoms with Gasteiger partial charge in [-0.3, -0.25) is 4.79 Å². The number of carbonyl (C=O) groups is 1. The molecule has 3 unspecified atom stereocenters. The van der Waals surface area contributed by atoms with E-state index >= 15 is 0 Å². The van der Waals surface area contributed by atoms with Crippen LogP contribution in [0.5, 0.6) is 0 Å². The predicted molar refractivity (Wildman–Crippen MR) is 45.4 cm³/mol. The summed E-state index contributed by atoms with van der Waals surface area (Å²) < 4.78 is 13.5. The van der Waals surface area contributed by atoms with Crippen LogP contribution in [0.3, 0.4) is 0 Å². The minimum Gasteiger partial charge on any atom is -0.355 e. The van der Waals surface area contributed by atoms with E-state index in [1.165, 1.54) is 0 Å². The van der Waals surface area contributed by atoms with E-state index in [1.807, 2.05) is 20.8 Å². The van der Waals surface area contributed by atoms with E-state index in [1.54, 1.807) is 0 Å². The molecule has 1 amide bonds. The maximum absolute atomic E-state index is 13.5. The van der Waals surface area contributed by atoms with Crippen LogP contribution in [0.2, 0.25) is 0 Å². The van der Waals surface area contributed by atoms with Crippen LogP contribution in [-0.4, -0.2) is 18.6 Å². The summed E-state index contributed by atoms with van der Waals surface area (Å²) in [5, 5.41) is 2.71. The second kappa shape index (κ2) is 3.42. The van der Waals surface area contributed by atoms with Crippen LogP contribution >= 0.6 is 0 Å². The summed E-state index contributed by atoms with van der Waals surface area (Å²) in [5.74, 6) is -0.540. The zero-order valence-corrected chi connectivity index (χ0v) is 7.80. The van der Waals surface area contributed by atoms with Gasteiger partial charge in [-0.05, 0) is 5.92 Å². The molecule has 3 atom stereocenters. The molecule has 0 aliphatic carbocycles. The Balaban J connectivity index is 2.72. The predicted octanol–water partition coefficient (Wildman–Crippen LogP) is 1.36. The maximum Gasteiger partial charge on any atom is 0.226 e. The molecular weight excluding hydrogens is 157 g/mol. The summed E-state index contributed by atoms with van der Waals surface area (Å²) in [6.45, 7) is 6.08. The number of hydrogen-bond acceptors (Lipinski definition) is 1. The van der Waals surface area contributed by atoms with Gasteiger partial charge in [0.1, 0.15) is 6.17 Å². The number of carbonyl (C=O) groups excluding carboxylic acids is 1. The quantitative estimate of drug-likeness (QED) is 0.637. The van der Waals surface area contributed by atoms with Crippen molar-refractivity contribution < 1.29 is 9.18 Å². The van der Waals surface area contributed by atoms with Crippen molar-refractivity contribution in [2.75, 3.05) is 6.54 Å². The van der Waals surface area contributed by atoms with Gasteiger partial charge in [-0.1, -0.05) is 20.8 Å². The van der Waals surface area contributed by atoms with Gasteiger partial charge in [-0.25, -0.2) is 4.39 Å². The van der Waals surface area contributed by atoms with E-state index in [4.69, 9.17) is 0 Å². The van der Waals surface area contributed by atoms with Gasteiger partial charge in [-0.2, -0.15) is 0 Å². The molecule has 1 N–H and O–H groups in total. The molecule has 1 fully saturated rings. The Hall–Kier alpha value is -0.600. The second-order valence-electron chi connectivity index (χ2n) is 3.94. The van der Waals surface area contributed by atoms with E-state index < -0.39 is 12.1 Å². The molecule has 1 aliphatic heterocycles. The highest BCUT2D eigenvalue weighted by Crippen LogP contribution is 2.27. The lowest BCUT2D eigenvalue weighted by Crippen LogP contribution is -2.50. The number of alkyl halides is 1. The third kappa shape index (κ3) is 1.59. The molecule has 1 rings (SSSR count). The van der Waals surface area contributed by atoms with Crippen LogP contribution in [-0.2, 0) is 4.79 Å². The van der Waals surface area contributed by atoms with Crippen molar-refractivity contribution in [2.45, 2.75) is 26.9 Å². The Morgan fingerprint density at radius 2 is 2.17 bits per heavy atom. The molecule has 3 heteroatoms. The molecule has 2 nitrogen and oxygen atoms in total. The van der Waals surface area contributed by atoms with Crippen LogP contribution in [0, 0.1) is 17.8 Å². The van der Waals surface area contributed by atoms with E-state index in [2.05, 4.69) is 5.32 Å². The lowest BCUT2D eigenvalue weighted by atomic mass is 9.82. The number of nitrogens with one attached hydrogen (secondary N) is 1. The Kier molecular flexibility index (Phi) is 2.70. The molecule has 0 spiro atoms. The van der Waals surface area contributed by atoms with Crippen molar-refractivity contribution in [1.82, 2.24) is 5.32 Å². The first kappa shape index (κ1) is 9.49. The number of halogens is 1. The van der Waals surface area contributed by atoms with Crippen LogP contribution in [0.4, 0.5) is 4.39 Å². The average molecular weight is 173 g/mol. The van der Waals surface area contributed by atoms with E-state index in [0.717, 1.165) is 0 Å². The normalized spacial score (nSPS) is 36.8. The fourth-order valence-corrected chi connectivity index (χ4v) is 1.66. The standard InChI is InChI=1S/C9H16FNO/c1-5(2)7-8(10)6(3)4-11-9(7)12/h5-8H,4H2,1-3H3,(H,11,12). The average Bonchev–Trinajstić information content (AvgIpc) is 1.97. The molecule has 70 valence electrons. The van der Waals surface area contributed by atoms with Gasteiger partial charge in [-0.15, -0.1) is 0 Å². The summed E-state index contributed by atoms with van der Waals surface area (Å²) in [4.78, 5) is 11.2. The SMILES string of the molecule is CC(C)C1C(=O)NCC(C)C1F. The minimum absolute atomic E-state index is 0.0462. The second-order valence-corrected chi connectivity index (χ2v) is 3.94. The van der Waals surface area contributed by atoms with Crippen molar-refractivity contribution >= 4 is 5.91 Å². The van der Waals surface area contributed by atoms with Crippen molar-refractivity contribution in [3.63, 3.8) is 0 Å². The molecule has 12 heavy (non-hydrogen) atoms. The fourth-order valence-electron chi connectivity index (χ4n) is 1.66. The van der Waals surface area contributed by atoms with Gasteiger partial charge < -0.3 is 5.32 Å². The van der Waals surface area contributed by atoms with Gasteiger partial charge in [0.05, 0.1) is 5.92 Å². The Labute approximate surface area is 72.5 Å². The molecule has 0 aromatic rings. The molecule has 1 saturated heterocycles. The lowest BCUT2D eigenvalue weighted by Gasteiger charge is -2.32. The smallest absolute Gasteiger partial charge is 0.226 e. The van der Waals surface area contributed by atoms with Crippen LogP contribution in [0.15, 0.2) is 0 Å². The molecule has 0 aromatic heterocycles. The maximum atomic E-state index is 13.5. The van der Waals surface area contributed by atoms with Gasteiger partial charge in [0.2, 0.25) is 5.91 Å². The van der Waals surface area contributed by atoms with E-state index in [9.17, 15) is 9.18 Å². The van der Waals surface area contributed by atoms with Gasteiger partial charge in [0.25, 0.3) is 0 Å². The first-order chi connectivity index (χ1) is 5.54. The Bertz CT molecular complexity index is 181. The van der Waals surface area contributed by atoms with Crippen LogP contribution in [0.25, 0.3) is 0 Å². The molecular formula is C9H16FNO. The highest BCUT2D eigenvalue weighted by molar-refractivity contribution is 5.80. The first-order valence-corrected chi connectivity index (χ1v) is 4.45. The van der Waals surface area contributed by atoms with Gasteiger partial charge in [0, 0.05) is 12.5 Å². The van der Waals surface area contributed by atoms with Crippen molar-refractivity contribution in [1.29, 1.82) is 0 Å². The molecule has 0 saturated carbocycles. The highest BCUT2D eigenvalue weighted by Gasteiger charge is 2.38. The Morgan fingerprint density at radius 3 is 2.58 bits per heavy atom. The first-order valence-electron chi connectivity index (χ1n) is 4.45. The number of amides is 1. The molecule has 1 heterocycles. The minimum atomic E-state index is -0.973. The van der Waals surface area contributed by atoms with E-state index in [0.29, 0.717) is 6.54 Å². The zero-order valence-electron chi connectivity index (χ0n) is 7.80. The third-order valence-electron chi connectivity index (χ3n) is 2.51. The number of piperidine rings is 1.